The van der Waals surface area contributed by atoms with Crippen LogP contribution in [0, 0.1) is 0 Å². The second-order valence-corrected chi connectivity index (χ2v) is 7.36. The van der Waals surface area contributed by atoms with Crippen molar-refractivity contribution in [3.05, 3.63) is 36.2 Å². The van der Waals surface area contributed by atoms with Crippen molar-refractivity contribution in [1.82, 2.24) is 14.3 Å². The zero-order valence-corrected chi connectivity index (χ0v) is 12.0. The Balaban J connectivity index is 2.16. The van der Waals surface area contributed by atoms with E-state index in [-0.39, 0.29) is 10.8 Å². The Labute approximate surface area is 111 Å². The van der Waals surface area contributed by atoms with Gasteiger partial charge in [0.15, 0.2) is 0 Å². The second kappa shape index (κ2) is 4.91. The van der Waals surface area contributed by atoms with E-state index in [9.17, 15) is 4.55 Å². The lowest BCUT2D eigenvalue weighted by Gasteiger charge is -2.25. The minimum Gasteiger partial charge on any atom is -0.598 e. The first-order valence-corrected chi connectivity index (χ1v) is 7.15. The summed E-state index contributed by atoms with van der Waals surface area (Å²) in [6.45, 7) is 7.83. The molecule has 0 bridgehead atoms. The molecule has 2 rings (SSSR count). The zero-order valence-electron chi connectivity index (χ0n) is 11.2. The molecule has 0 radical (unpaired) electrons. The van der Waals surface area contributed by atoms with Crippen LogP contribution in [0.5, 0.6) is 0 Å². The van der Waals surface area contributed by atoms with Crippen molar-refractivity contribution >= 4 is 16.9 Å². The molecule has 2 atom stereocenters. The molecule has 4 nitrogen and oxygen atoms in total. The topological polar surface area (TPSA) is 52.4 Å². The van der Waals surface area contributed by atoms with Crippen LogP contribution in [0.15, 0.2) is 30.5 Å². The minimum absolute atomic E-state index is 0.0371. The van der Waals surface area contributed by atoms with Crippen LogP contribution >= 0.6 is 0 Å². The number of pyridine rings is 1. The molecule has 1 N–H and O–H groups in total. The average molecular weight is 265 g/mol. The lowest BCUT2D eigenvalue weighted by molar-refractivity contribution is 0.528. The van der Waals surface area contributed by atoms with Gasteiger partial charge in [0, 0.05) is 17.6 Å². The number of nitrogens with zero attached hydrogens (tertiary/aromatic N) is 2. The van der Waals surface area contributed by atoms with Gasteiger partial charge < -0.3 is 4.55 Å². The van der Waals surface area contributed by atoms with Crippen LogP contribution in [0.4, 0.5) is 0 Å². The summed E-state index contributed by atoms with van der Waals surface area (Å²) in [6, 6.07) is 7.90. The molecular formula is C13H19N3OS. The highest BCUT2D eigenvalue weighted by atomic mass is 32.2. The van der Waals surface area contributed by atoms with E-state index in [4.69, 9.17) is 0 Å². The lowest BCUT2D eigenvalue weighted by atomic mass is 10.2. The van der Waals surface area contributed by atoms with Crippen LogP contribution < -0.4 is 4.72 Å². The van der Waals surface area contributed by atoms with Gasteiger partial charge in [0.2, 0.25) is 0 Å². The molecule has 5 heteroatoms. The molecule has 0 fully saturated rings. The average Bonchev–Trinajstić information content (AvgIpc) is 2.71. The molecular weight excluding hydrogens is 246 g/mol. The maximum Gasteiger partial charge on any atom is 0.136 e. The molecule has 1 unspecified atom stereocenters. The van der Waals surface area contributed by atoms with Crippen LogP contribution in [-0.2, 0) is 11.4 Å². The standard InChI is InChI=1S/C13H19N3OS/c1-10(15-18(17)13(2,3)4)12-9-11-7-5-6-8-16(11)14-12/h5-10,15H,1-4H3/t10-,18?/m1/s1. The highest BCUT2D eigenvalue weighted by Crippen LogP contribution is 2.19. The maximum absolute atomic E-state index is 12.0. The van der Waals surface area contributed by atoms with E-state index in [0.29, 0.717) is 0 Å². The lowest BCUT2D eigenvalue weighted by Crippen LogP contribution is -2.40. The van der Waals surface area contributed by atoms with Gasteiger partial charge in [-0.05, 0) is 45.9 Å². The largest absolute Gasteiger partial charge is 0.598 e. The predicted octanol–water partition coefficient (Wildman–Crippen LogP) is 2.45. The Morgan fingerprint density at radius 2 is 2.11 bits per heavy atom. The highest BCUT2D eigenvalue weighted by Gasteiger charge is 2.28. The molecule has 0 aliphatic rings. The minimum atomic E-state index is -1.09. The SMILES string of the molecule is C[C@@H](N[S+]([O-])C(C)(C)C)c1cc2ccccn2n1. The van der Waals surface area contributed by atoms with E-state index in [1.165, 1.54) is 0 Å². The number of rotatable bonds is 3. The fourth-order valence-corrected chi connectivity index (χ4v) is 2.36. The molecule has 2 heterocycles. The van der Waals surface area contributed by atoms with Crippen molar-refractivity contribution in [2.75, 3.05) is 0 Å². The molecule has 18 heavy (non-hydrogen) atoms. The molecule has 2 aromatic heterocycles. The summed E-state index contributed by atoms with van der Waals surface area (Å²) in [7, 11) is 0. The number of fused-ring (bicyclic) bond motifs is 1. The Morgan fingerprint density at radius 1 is 1.39 bits per heavy atom. The van der Waals surface area contributed by atoms with Crippen LogP contribution in [-0.4, -0.2) is 18.9 Å². The molecule has 0 saturated heterocycles. The van der Waals surface area contributed by atoms with Crippen molar-refractivity contribution in [3.63, 3.8) is 0 Å². The molecule has 2 aromatic rings. The van der Waals surface area contributed by atoms with Crippen molar-refractivity contribution in [2.24, 2.45) is 0 Å². The summed E-state index contributed by atoms with van der Waals surface area (Å²) in [5.74, 6) is 0. The van der Waals surface area contributed by atoms with Gasteiger partial charge >= 0.3 is 0 Å². The monoisotopic (exact) mass is 265 g/mol. The third-order valence-corrected chi connectivity index (χ3v) is 4.35. The smallest absolute Gasteiger partial charge is 0.136 e. The molecule has 0 spiro atoms. The number of hydrogen-bond acceptors (Lipinski definition) is 3. The predicted molar refractivity (Wildman–Crippen MR) is 74.6 cm³/mol. The quantitative estimate of drug-likeness (QED) is 0.867. The summed E-state index contributed by atoms with van der Waals surface area (Å²) in [5, 5.41) is 4.47. The second-order valence-electron chi connectivity index (χ2n) is 5.36. The van der Waals surface area contributed by atoms with Crippen molar-refractivity contribution in [1.29, 1.82) is 0 Å². The zero-order chi connectivity index (χ0) is 13.3. The van der Waals surface area contributed by atoms with E-state index >= 15 is 0 Å². The van der Waals surface area contributed by atoms with E-state index in [0.717, 1.165) is 11.2 Å². The van der Waals surface area contributed by atoms with E-state index in [1.807, 2.05) is 62.7 Å². The highest BCUT2D eigenvalue weighted by molar-refractivity contribution is 7.90. The van der Waals surface area contributed by atoms with Gasteiger partial charge in [0.1, 0.15) is 4.75 Å². The number of aromatic nitrogens is 2. The van der Waals surface area contributed by atoms with E-state index in [1.54, 1.807) is 0 Å². The van der Waals surface area contributed by atoms with Gasteiger partial charge in [-0.25, -0.2) is 4.52 Å². The molecule has 0 aliphatic carbocycles. The van der Waals surface area contributed by atoms with Gasteiger partial charge in [0.25, 0.3) is 0 Å². The van der Waals surface area contributed by atoms with Crippen LogP contribution in [0.2, 0.25) is 0 Å². The molecule has 0 amide bonds. The van der Waals surface area contributed by atoms with Crippen LogP contribution in [0.1, 0.15) is 39.4 Å². The third-order valence-electron chi connectivity index (χ3n) is 2.67. The van der Waals surface area contributed by atoms with Gasteiger partial charge in [-0.1, -0.05) is 6.07 Å². The van der Waals surface area contributed by atoms with Gasteiger partial charge in [-0.3, -0.25) is 0 Å². The fourth-order valence-electron chi connectivity index (χ4n) is 1.57. The Kier molecular flexibility index (Phi) is 3.66. The summed E-state index contributed by atoms with van der Waals surface area (Å²) in [5.41, 5.74) is 1.95. The fraction of sp³-hybridized carbons (Fsp3) is 0.462. The summed E-state index contributed by atoms with van der Waals surface area (Å²) >= 11 is -1.09. The van der Waals surface area contributed by atoms with Gasteiger partial charge in [-0.15, -0.1) is 4.72 Å². The first kappa shape index (κ1) is 13.4. The number of hydrogen-bond donors (Lipinski definition) is 1. The third kappa shape index (κ3) is 2.85. The van der Waals surface area contributed by atoms with E-state index < -0.39 is 11.4 Å². The summed E-state index contributed by atoms with van der Waals surface area (Å²) in [6.07, 6.45) is 1.91. The molecule has 98 valence electrons. The van der Waals surface area contributed by atoms with Crippen molar-refractivity contribution in [3.8, 4) is 0 Å². The summed E-state index contributed by atoms with van der Waals surface area (Å²) < 4.78 is 16.7. The summed E-state index contributed by atoms with van der Waals surface area (Å²) in [4.78, 5) is 0. The van der Waals surface area contributed by atoms with Crippen molar-refractivity contribution in [2.45, 2.75) is 38.5 Å². The van der Waals surface area contributed by atoms with Crippen molar-refractivity contribution < 1.29 is 4.55 Å². The normalized spacial score (nSPS) is 15.8. The maximum atomic E-state index is 12.0. The number of nitrogens with one attached hydrogen (secondary N) is 1. The van der Waals surface area contributed by atoms with Crippen LogP contribution in [0.25, 0.3) is 5.52 Å². The Morgan fingerprint density at radius 3 is 2.72 bits per heavy atom. The Bertz CT molecular complexity index is 499. The van der Waals surface area contributed by atoms with Crippen LogP contribution in [0.3, 0.4) is 0 Å². The first-order valence-electron chi connectivity index (χ1n) is 6.00. The molecule has 0 aromatic carbocycles. The molecule has 0 saturated carbocycles. The molecule has 0 aliphatic heterocycles. The van der Waals surface area contributed by atoms with Gasteiger partial charge in [0.05, 0.1) is 17.3 Å². The first-order chi connectivity index (χ1) is 8.38. The van der Waals surface area contributed by atoms with Gasteiger partial charge in [-0.2, -0.15) is 5.10 Å². The van der Waals surface area contributed by atoms with E-state index in [2.05, 4.69) is 9.82 Å². The Hall–Kier alpha value is -1.04.